The fraction of sp³-hybridized carbons (Fsp3) is 0.364. The van der Waals surface area contributed by atoms with Crippen LogP contribution in [0.4, 0.5) is 5.69 Å². The van der Waals surface area contributed by atoms with Gasteiger partial charge in [-0.25, -0.2) is 0 Å². The molecule has 1 heterocycles. The van der Waals surface area contributed by atoms with Crippen molar-refractivity contribution in [3.05, 3.63) is 28.8 Å². The summed E-state index contributed by atoms with van der Waals surface area (Å²) in [6.45, 7) is 1.49. The molecule has 1 fully saturated rings. The Morgan fingerprint density at radius 3 is 3.07 bits per heavy atom. The zero-order valence-corrected chi connectivity index (χ0v) is 8.92. The molecule has 78 valence electrons. The van der Waals surface area contributed by atoms with Gasteiger partial charge in [0.25, 0.3) is 0 Å². The van der Waals surface area contributed by atoms with Gasteiger partial charge in [0.2, 0.25) is 0 Å². The van der Waals surface area contributed by atoms with Crippen molar-refractivity contribution in [1.82, 2.24) is 0 Å². The van der Waals surface area contributed by atoms with Crippen LogP contribution in [0.5, 0.6) is 0 Å². The second-order valence-electron chi connectivity index (χ2n) is 3.51. The zero-order valence-electron chi connectivity index (χ0n) is 8.16. The van der Waals surface area contributed by atoms with Gasteiger partial charge >= 0.3 is 0 Å². The number of hydrogen-bond donors (Lipinski definition) is 1. The van der Waals surface area contributed by atoms with E-state index in [0.717, 1.165) is 18.7 Å². The highest BCUT2D eigenvalue weighted by atomic mass is 35.5. The molecule has 0 bridgehead atoms. The van der Waals surface area contributed by atoms with E-state index in [-0.39, 0.29) is 0 Å². The van der Waals surface area contributed by atoms with Gasteiger partial charge in [-0.15, -0.1) is 0 Å². The van der Waals surface area contributed by atoms with Crippen LogP contribution in [-0.4, -0.2) is 19.3 Å². The topological polar surface area (TPSA) is 45.0 Å². The van der Waals surface area contributed by atoms with Crippen molar-refractivity contribution >= 4 is 17.3 Å². The van der Waals surface area contributed by atoms with Crippen LogP contribution < -0.4 is 5.32 Å². The van der Waals surface area contributed by atoms with Gasteiger partial charge in [0.15, 0.2) is 0 Å². The standard InChI is InChI=1S/C11H11ClN2O/c12-10-2-1-8(6-13)5-11(10)14-9-3-4-15-7-9/h1-2,5,9,14H,3-4,7H2. The molecule has 1 atom stereocenters. The second-order valence-corrected chi connectivity index (χ2v) is 3.92. The molecule has 1 aliphatic heterocycles. The van der Waals surface area contributed by atoms with E-state index in [4.69, 9.17) is 21.6 Å². The van der Waals surface area contributed by atoms with Crippen molar-refractivity contribution in [3.8, 4) is 6.07 Å². The first-order chi connectivity index (χ1) is 7.29. The SMILES string of the molecule is N#Cc1ccc(Cl)c(NC2CCOC2)c1. The number of anilines is 1. The first-order valence-corrected chi connectivity index (χ1v) is 5.21. The van der Waals surface area contributed by atoms with Crippen LogP contribution in [0.1, 0.15) is 12.0 Å². The summed E-state index contributed by atoms with van der Waals surface area (Å²) in [5, 5.41) is 12.7. The van der Waals surface area contributed by atoms with Crippen LogP contribution in [0.15, 0.2) is 18.2 Å². The normalized spacial score (nSPS) is 19.9. The fourth-order valence-electron chi connectivity index (χ4n) is 1.57. The Morgan fingerprint density at radius 2 is 2.40 bits per heavy atom. The molecule has 1 aliphatic rings. The molecule has 1 saturated heterocycles. The Labute approximate surface area is 93.6 Å². The quantitative estimate of drug-likeness (QED) is 0.836. The molecule has 0 aromatic heterocycles. The summed E-state index contributed by atoms with van der Waals surface area (Å²) < 4.78 is 5.26. The number of nitrogens with zero attached hydrogens (tertiary/aromatic N) is 1. The van der Waals surface area contributed by atoms with Gasteiger partial charge in [-0.2, -0.15) is 5.26 Å². The second kappa shape index (κ2) is 4.52. The van der Waals surface area contributed by atoms with E-state index in [1.165, 1.54) is 0 Å². The molecule has 3 nitrogen and oxygen atoms in total. The number of nitriles is 1. The Bertz CT molecular complexity index is 394. The van der Waals surface area contributed by atoms with Gasteiger partial charge in [-0.1, -0.05) is 11.6 Å². The average Bonchev–Trinajstić information content (AvgIpc) is 2.74. The monoisotopic (exact) mass is 222 g/mol. The first kappa shape index (κ1) is 10.3. The van der Waals surface area contributed by atoms with E-state index in [1.807, 2.05) is 0 Å². The summed E-state index contributed by atoms with van der Waals surface area (Å²) in [5.41, 5.74) is 1.42. The molecule has 4 heteroatoms. The molecule has 2 rings (SSSR count). The van der Waals surface area contributed by atoms with Crippen LogP contribution in [-0.2, 0) is 4.74 Å². The van der Waals surface area contributed by atoms with Crippen molar-refractivity contribution in [2.45, 2.75) is 12.5 Å². The molecular formula is C11H11ClN2O. The van der Waals surface area contributed by atoms with Gasteiger partial charge in [0.1, 0.15) is 0 Å². The van der Waals surface area contributed by atoms with E-state index >= 15 is 0 Å². The van der Waals surface area contributed by atoms with Crippen LogP contribution in [0.3, 0.4) is 0 Å². The molecule has 1 N–H and O–H groups in total. The molecule has 1 unspecified atom stereocenters. The lowest BCUT2D eigenvalue weighted by Gasteiger charge is -2.13. The maximum absolute atomic E-state index is 8.77. The number of ether oxygens (including phenoxy) is 1. The molecule has 0 saturated carbocycles. The predicted molar refractivity (Wildman–Crippen MR) is 59.0 cm³/mol. The molecule has 1 aromatic carbocycles. The lowest BCUT2D eigenvalue weighted by Crippen LogP contribution is -2.19. The predicted octanol–water partition coefficient (Wildman–Crippen LogP) is 2.41. The van der Waals surface area contributed by atoms with Crippen LogP contribution >= 0.6 is 11.6 Å². The number of halogens is 1. The summed E-state index contributed by atoms with van der Waals surface area (Å²) >= 11 is 6.02. The number of benzene rings is 1. The summed E-state index contributed by atoms with van der Waals surface area (Å²) in [6.07, 6.45) is 0.979. The van der Waals surface area contributed by atoms with Crippen molar-refractivity contribution in [3.63, 3.8) is 0 Å². The third-order valence-corrected chi connectivity index (χ3v) is 2.71. The van der Waals surface area contributed by atoms with Gasteiger partial charge in [0, 0.05) is 6.61 Å². The Morgan fingerprint density at radius 1 is 1.53 bits per heavy atom. The van der Waals surface area contributed by atoms with E-state index in [1.54, 1.807) is 18.2 Å². The largest absolute Gasteiger partial charge is 0.379 e. The highest BCUT2D eigenvalue weighted by Crippen LogP contribution is 2.24. The Balaban J connectivity index is 2.15. The molecule has 0 amide bonds. The number of nitrogens with one attached hydrogen (secondary N) is 1. The molecule has 0 aliphatic carbocycles. The van der Waals surface area contributed by atoms with Crippen LogP contribution in [0, 0.1) is 11.3 Å². The Kier molecular flexibility index (Phi) is 3.10. The fourth-order valence-corrected chi connectivity index (χ4v) is 1.75. The minimum absolute atomic E-state index is 0.302. The third-order valence-electron chi connectivity index (χ3n) is 2.38. The smallest absolute Gasteiger partial charge is 0.0992 e. The molecule has 1 aromatic rings. The van der Waals surface area contributed by atoms with Crippen molar-refractivity contribution in [2.24, 2.45) is 0 Å². The lowest BCUT2D eigenvalue weighted by molar-refractivity contribution is 0.195. The Hall–Kier alpha value is -1.24. The molecule has 0 spiro atoms. The van der Waals surface area contributed by atoms with Gasteiger partial charge in [0.05, 0.1) is 35.0 Å². The minimum atomic E-state index is 0.302. The summed E-state index contributed by atoms with van der Waals surface area (Å²) in [7, 11) is 0. The highest BCUT2D eigenvalue weighted by molar-refractivity contribution is 6.33. The first-order valence-electron chi connectivity index (χ1n) is 4.83. The van der Waals surface area contributed by atoms with Crippen LogP contribution in [0.2, 0.25) is 5.02 Å². The van der Waals surface area contributed by atoms with Gasteiger partial charge in [-0.3, -0.25) is 0 Å². The maximum atomic E-state index is 8.77. The van der Waals surface area contributed by atoms with Gasteiger partial charge < -0.3 is 10.1 Å². The summed E-state index contributed by atoms with van der Waals surface area (Å²) in [5.74, 6) is 0. The lowest BCUT2D eigenvalue weighted by atomic mass is 10.2. The highest BCUT2D eigenvalue weighted by Gasteiger charge is 2.16. The van der Waals surface area contributed by atoms with E-state index in [0.29, 0.717) is 23.2 Å². The average molecular weight is 223 g/mol. The molecule has 15 heavy (non-hydrogen) atoms. The van der Waals surface area contributed by atoms with Crippen molar-refractivity contribution in [2.75, 3.05) is 18.5 Å². The third kappa shape index (κ3) is 2.41. The number of rotatable bonds is 2. The molecular weight excluding hydrogens is 212 g/mol. The van der Waals surface area contributed by atoms with Crippen LogP contribution in [0.25, 0.3) is 0 Å². The van der Waals surface area contributed by atoms with E-state index < -0.39 is 0 Å². The minimum Gasteiger partial charge on any atom is -0.379 e. The zero-order chi connectivity index (χ0) is 10.7. The number of hydrogen-bond acceptors (Lipinski definition) is 3. The van der Waals surface area contributed by atoms with Crippen molar-refractivity contribution in [1.29, 1.82) is 5.26 Å². The van der Waals surface area contributed by atoms with E-state index in [2.05, 4.69) is 11.4 Å². The van der Waals surface area contributed by atoms with Gasteiger partial charge in [-0.05, 0) is 24.6 Å². The molecule has 0 radical (unpaired) electrons. The summed E-state index contributed by atoms with van der Waals surface area (Å²) in [6, 6.07) is 7.60. The van der Waals surface area contributed by atoms with Crippen molar-refractivity contribution < 1.29 is 4.74 Å². The summed E-state index contributed by atoms with van der Waals surface area (Å²) in [4.78, 5) is 0. The van der Waals surface area contributed by atoms with E-state index in [9.17, 15) is 0 Å². The maximum Gasteiger partial charge on any atom is 0.0992 e.